The lowest BCUT2D eigenvalue weighted by Crippen LogP contribution is -2.25. The highest BCUT2D eigenvalue weighted by molar-refractivity contribution is 9.10. The first kappa shape index (κ1) is 18.4. The average Bonchev–Trinajstić information content (AvgIpc) is 2.99. The van der Waals surface area contributed by atoms with Crippen LogP contribution in [0.4, 0.5) is 18.9 Å². The van der Waals surface area contributed by atoms with Crippen molar-refractivity contribution in [2.75, 3.05) is 5.32 Å². The standard InChI is InChI=1S/C17H14BrF3N4O/c1-9-8-14(17(19,20)21)24-25(9)10(2)16(26)23-13-6-5-12(18)11-4-3-7-22-15(11)13/h3-8,10H,1-2H3,(H,23,26). The Morgan fingerprint density at radius 1 is 1.31 bits per heavy atom. The van der Waals surface area contributed by atoms with Crippen molar-refractivity contribution < 1.29 is 18.0 Å². The van der Waals surface area contributed by atoms with Gasteiger partial charge >= 0.3 is 6.18 Å². The first-order valence-corrected chi connectivity index (χ1v) is 8.45. The molecule has 0 saturated heterocycles. The average molecular weight is 427 g/mol. The molecule has 3 aromatic rings. The van der Waals surface area contributed by atoms with Crippen LogP contribution in [0.3, 0.4) is 0 Å². The van der Waals surface area contributed by atoms with E-state index in [9.17, 15) is 18.0 Å². The van der Waals surface area contributed by atoms with Gasteiger partial charge in [-0.3, -0.25) is 14.5 Å². The minimum absolute atomic E-state index is 0.249. The fourth-order valence-corrected chi connectivity index (χ4v) is 3.06. The number of nitrogens with zero attached hydrogens (tertiary/aromatic N) is 3. The Labute approximate surface area is 155 Å². The van der Waals surface area contributed by atoms with E-state index in [0.717, 1.165) is 20.6 Å². The van der Waals surface area contributed by atoms with Crippen LogP contribution in [-0.4, -0.2) is 20.7 Å². The molecule has 2 heterocycles. The summed E-state index contributed by atoms with van der Waals surface area (Å²) in [6.07, 6.45) is -2.96. The second kappa shape index (κ2) is 6.71. The first-order valence-electron chi connectivity index (χ1n) is 7.66. The summed E-state index contributed by atoms with van der Waals surface area (Å²) in [7, 11) is 0. The van der Waals surface area contributed by atoms with Crippen molar-refractivity contribution in [2.45, 2.75) is 26.1 Å². The molecule has 0 fully saturated rings. The summed E-state index contributed by atoms with van der Waals surface area (Å²) >= 11 is 3.42. The van der Waals surface area contributed by atoms with Gasteiger partial charge in [0.05, 0.1) is 11.2 Å². The summed E-state index contributed by atoms with van der Waals surface area (Å²) in [6, 6.07) is 7.06. The lowest BCUT2D eigenvalue weighted by molar-refractivity contribution is -0.141. The van der Waals surface area contributed by atoms with Gasteiger partial charge in [0.2, 0.25) is 5.91 Å². The largest absolute Gasteiger partial charge is 0.435 e. The number of carbonyl (C=O) groups excluding carboxylic acids is 1. The highest BCUT2D eigenvalue weighted by Crippen LogP contribution is 2.31. The quantitative estimate of drug-likeness (QED) is 0.658. The van der Waals surface area contributed by atoms with Crippen molar-refractivity contribution in [3.05, 3.63) is 52.4 Å². The molecule has 2 aromatic heterocycles. The molecule has 1 aromatic carbocycles. The summed E-state index contributed by atoms with van der Waals surface area (Å²) in [5.74, 6) is -0.487. The summed E-state index contributed by atoms with van der Waals surface area (Å²) in [4.78, 5) is 16.8. The maximum atomic E-state index is 12.8. The van der Waals surface area contributed by atoms with E-state index in [-0.39, 0.29) is 5.69 Å². The molecule has 0 aliphatic carbocycles. The van der Waals surface area contributed by atoms with E-state index in [1.165, 1.54) is 13.8 Å². The molecule has 1 atom stereocenters. The lowest BCUT2D eigenvalue weighted by Gasteiger charge is -2.15. The molecule has 1 amide bonds. The third-order valence-electron chi connectivity index (χ3n) is 3.93. The van der Waals surface area contributed by atoms with Crippen LogP contribution in [0.15, 0.2) is 41.0 Å². The molecule has 26 heavy (non-hydrogen) atoms. The Hall–Kier alpha value is -2.42. The predicted molar refractivity (Wildman–Crippen MR) is 94.7 cm³/mol. The number of fused-ring (bicyclic) bond motifs is 1. The number of anilines is 1. The molecule has 0 radical (unpaired) electrons. The monoisotopic (exact) mass is 426 g/mol. The Bertz CT molecular complexity index is 984. The topological polar surface area (TPSA) is 59.8 Å². The van der Waals surface area contributed by atoms with Gasteiger partial charge in [0.15, 0.2) is 5.69 Å². The number of alkyl halides is 3. The Morgan fingerprint density at radius 2 is 2.04 bits per heavy atom. The van der Waals surface area contributed by atoms with Crippen LogP contribution in [-0.2, 0) is 11.0 Å². The lowest BCUT2D eigenvalue weighted by atomic mass is 10.2. The molecule has 5 nitrogen and oxygen atoms in total. The third-order valence-corrected chi connectivity index (χ3v) is 4.63. The number of carbonyl (C=O) groups is 1. The van der Waals surface area contributed by atoms with Crippen LogP contribution in [0, 0.1) is 6.92 Å². The van der Waals surface area contributed by atoms with E-state index in [1.807, 2.05) is 6.07 Å². The molecular formula is C17H14BrF3N4O. The number of benzene rings is 1. The van der Waals surface area contributed by atoms with Crippen molar-refractivity contribution in [1.29, 1.82) is 0 Å². The van der Waals surface area contributed by atoms with Crippen molar-refractivity contribution in [2.24, 2.45) is 0 Å². The molecule has 0 aliphatic rings. The molecular weight excluding hydrogens is 413 g/mol. The van der Waals surface area contributed by atoms with E-state index < -0.39 is 23.8 Å². The summed E-state index contributed by atoms with van der Waals surface area (Å²) in [6.45, 7) is 2.96. The molecule has 0 aliphatic heterocycles. The van der Waals surface area contributed by atoms with Gasteiger partial charge in [-0.2, -0.15) is 18.3 Å². The molecule has 136 valence electrons. The van der Waals surface area contributed by atoms with E-state index in [4.69, 9.17) is 0 Å². The number of nitrogens with one attached hydrogen (secondary N) is 1. The van der Waals surface area contributed by atoms with Crippen LogP contribution < -0.4 is 5.32 Å². The zero-order valence-electron chi connectivity index (χ0n) is 13.8. The zero-order valence-corrected chi connectivity index (χ0v) is 15.4. The second-order valence-electron chi connectivity index (χ2n) is 5.77. The Kier molecular flexibility index (Phi) is 4.74. The number of hydrogen-bond donors (Lipinski definition) is 1. The van der Waals surface area contributed by atoms with Gasteiger partial charge in [0.25, 0.3) is 0 Å². The van der Waals surface area contributed by atoms with Gasteiger partial charge in [-0.1, -0.05) is 22.0 Å². The van der Waals surface area contributed by atoms with Crippen molar-refractivity contribution in [1.82, 2.24) is 14.8 Å². The van der Waals surface area contributed by atoms with Gasteiger partial charge in [0, 0.05) is 21.7 Å². The van der Waals surface area contributed by atoms with Crippen molar-refractivity contribution in [3.63, 3.8) is 0 Å². The fourth-order valence-electron chi connectivity index (χ4n) is 2.61. The minimum atomic E-state index is -4.56. The summed E-state index contributed by atoms with van der Waals surface area (Å²) in [5.41, 5.74) is 0.279. The Balaban J connectivity index is 1.89. The highest BCUT2D eigenvalue weighted by atomic mass is 79.9. The molecule has 0 spiro atoms. The van der Waals surface area contributed by atoms with Gasteiger partial charge < -0.3 is 5.32 Å². The normalized spacial score (nSPS) is 13.0. The maximum absolute atomic E-state index is 12.8. The first-order chi connectivity index (χ1) is 12.2. The van der Waals surface area contributed by atoms with Crippen molar-refractivity contribution in [3.8, 4) is 0 Å². The molecule has 0 bridgehead atoms. The second-order valence-corrected chi connectivity index (χ2v) is 6.63. The van der Waals surface area contributed by atoms with Gasteiger partial charge in [-0.25, -0.2) is 0 Å². The van der Waals surface area contributed by atoms with Crippen LogP contribution in [0.5, 0.6) is 0 Å². The summed E-state index contributed by atoms with van der Waals surface area (Å²) < 4.78 is 40.3. The van der Waals surface area contributed by atoms with Crippen LogP contribution in [0.2, 0.25) is 0 Å². The van der Waals surface area contributed by atoms with E-state index in [1.54, 1.807) is 24.4 Å². The highest BCUT2D eigenvalue weighted by Gasteiger charge is 2.35. The van der Waals surface area contributed by atoms with E-state index >= 15 is 0 Å². The SMILES string of the molecule is Cc1cc(C(F)(F)F)nn1C(C)C(=O)Nc1ccc(Br)c2cccnc12. The minimum Gasteiger partial charge on any atom is -0.322 e. The molecule has 9 heteroatoms. The number of pyridine rings is 1. The van der Waals surface area contributed by atoms with E-state index in [2.05, 4.69) is 31.3 Å². The molecule has 1 unspecified atom stereocenters. The molecule has 3 rings (SSSR count). The number of rotatable bonds is 3. The maximum Gasteiger partial charge on any atom is 0.435 e. The fraction of sp³-hybridized carbons (Fsp3) is 0.235. The number of halogens is 4. The third kappa shape index (κ3) is 3.44. The number of aryl methyl sites for hydroxylation is 1. The van der Waals surface area contributed by atoms with Crippen molar-refractivity contribution >= 4 is 38.4 Å². The number of hydrogen-bond acceptors (Lipinski definition) is 3. The van der Waals surface area contributed by atoms with Crippen LogP contribution in [0.25, 0.3) is 10.9 Å². The van der Waals surface area contributed by atoms with E-state index in [0.29, 0.717) is 11.2 Å². The predicted octanol–water partition coefficient (Wildman–Crippen LogP) is 4.72. The van der Waals surface area contributed by atoms with Gasteiger partial charge in [-0.15, -0.1) is 0 Å². The van der Waals surface area contributed by atoms with Gasteiger partial charge in [-0.05, 0) is 38.1 Å². The molecule has 0 saturated carbocycles. The van der Waals surface area contributed by atoms with Crippen LogP contribution in [0.1, 0.15) is 24.4 Å². The number of aromatic nitrogens is 3. The Morgan fingerprint density at radius 3 is 2.69 bits per heavy atom. The summed E-state index contributed by atoms with van der Waals surface area (Å²) in [5, 5.41) is 7.06. The molecule has 1 N–H and O–H groups in total. The van der Waals surface area contributed by atoms with Gasteiger partial charge in [0.1, 0.15) is 6.04 Å². The smallest absolute Gasteiger partial charge is 0.322 e. The number of amides is 1. The van der Waals surface area contributed by atoms with Crippen LogP contribution >= 0.6 is 15.9 Å². The zero-order chi connectivity index (χ0) is 19.1.